The van der Waals surface area contributed by atoms with E-state index in [4.69, 9.17) is 48.9 Å². The summed E-state index contributed by atoms with van der Waals surface area (Å²) in [5.74, 6) is 4.82. The molecule has 3 aromatic heterocycles. The van der Waals surface area contributed by atoms with Gasteiger partial charge in [-0.05, 0) is 128 Å². The van der Waals surface area contributed by atoms with E-state index < -0.39 is 0 Å². The van der Waals surface area contributed by atoms with Crippen LogP contribution in [0, 0.1) is 0 Å². The Morgan fingerprint density at radius 3 is 1.00 bits per heavy atom. The van der Waals surface area contributed by atoms with E-state index in [1.807, 2.05) is 128 Å². The summed E-state index contributed by atoms with van der Waals surface area (Å²) in [5, 5.41) is 3.34. The minimum absolute atomic E-state index is 0.0133. The molecule has 8 bridgehead atoms. The van der Waals surface area contributed by atoms with Crippen LogP contribution in [0.3, 0.4) is 0 Å². The summed E-state index contributed by atoms with van der Waals surface area (Å²) >= 11 is 0. The number of aromatic amines is 2. The van der Waals surface area contributed by atoms with E-state index in [1.54, 1.807) is 0 Å². The van der Waals surface area contributed by atoms with E-state index >= 15 is 0 Å². The van der Waals surface area contributed by atoms with E-state index in [9.17, 15) is 0 Å². The molecule has 56 heavy (non-hydrogen) atoms. The number of nitrogens with one attached hydrogen (secondary N) is 2. The van der Waals surface area contributed by atoms with Gasteiger partial charge in [0.05, 0.1) is 24.4 Å². The van der Waals surface area contributed by atoms with Crippen LogP contribution in [0.2, 0.25) is 0 Å². The molecule has 0 fully saturated rings. The van der Waals surface area contributed by atoms with Gasteiger partial charge in [-0.3, -0.25) is 0 Å². The lowest BCUT2D eigenvalue weighted by Crippen LogP contribution is -2.05. The maximum Gasteiger partial charge on any atom is 0.164 e. The first kappa shape index (κ1) is 35.2. The molecule has 2 aliphatic heterocycles. The molecular formula is C44H42N8O4. The van der Waals surface area contributed by atoms with Crippen molar-refractivity contribution in [2.45, 2.75) is 79.8 Å². The van der Waals surface area contributed by atoms with E-state index in [-0.39, 0.29) is 24.4 Å². The lowest BCUT2D eigenvalue weighted by atomic mass is 10.1. The van der Waals surface area contributed by atoms with Crippen LogP contribution in [0.4, 0.5) is 0 Å². The molecule has 12 heteroatoms. The fraction of sp³-hybridized carbons (Fsp3) is 0.273. The fourth-order valence-corrected chi connectivity index (χ4v) is 7.09. The molecule has 0 unspecified atom stereocenters. The van der Waals surface area contributed by atoms with Crippen LogP contribution in [0.5, 0.6) is 23.0 Å². The van der Waals surface area contributed by atoms with E-state index in [0.29, 0.717) is 57.4 Å². The average Bonchev–Trinajstić information content (AvgIpc) is 3.85. The molecule has 0 aliphatic carbocycles. The second-order valence-electron chi connectivity index (χ2n) is 15.1. The Hall–Kier alpha value is -6.56. The van der Waals surface area contributed by atoms with Crippen LogP contribution in [0.15, 0.2) is 72.8 Å². The molecule has 0 saturated heterocycles. The lowest BCUT2D eigenvalue weighted by Gasteiger charge is -2.10. The first-order chi connectivity index (χ1) is 26.9. The Morgan fingerprint density at radius 2 is 0.643 bits per heavy atom. The van der Waals surface area contributed by atoms with E-state index in [2.05, 4.69) is 9.97 Å². The third-order valence-corrected chi connectivity index (χ3v) is 9.20. The Morgan fingerprint density at radius 1 is 0.339 bits per heavy atom. The molecule has 0 amide bonds. The highest BCUT2D eigenvalue weighted by molar-refractivity contribution is 6.07. The molecule has 282 valence electrons. The summed E-state index contributed by atoms with van der Waals surface area (Å²) in [6.45, 7) is 16.0. The van der Waals surface area contributed by atoms with Crippen molar-refractivity contribution in [3.05, 3.63) is 72.8 Å². The van der Waals surface area contributed by atoms with Crippen molar-refractivity contribution in [3.8, 4) is 68.5 Å². The van der Waals surface area contributed by atoms with Gasteiger partial charge in [0, 0.05) is 43.8 Å². The number of aromatic nitrogens is 8. The highest BCUT2D eigenvalue weighted by atomic mass is 16.5. The summed E-state index contributed by atoms with van der Waals surface area (Å²) < 4.78 is 24.5. The summed E-state index contributed by atoms with van der Waals surface area (Å²) in [4.78, 5) is 37.9. The molecule has 5 heterocycles. The van der Waals surface area contributed by atoms with Crippen LogP contribution >= 0.6 is 0 Å². The molecule has 9 rings (SSSR count). The molecular weight excluding hydrogens is 705 g/mol. The third-order valence-electron chi connectivity index (χ3n) is 9.20. The normalized spacial score (nSPS) is 12.2. The number of hydrogen-bond acceptors (Lipinski definition) is 10. The summed E-state index contributed by atoms with van der Waals surface area (Å²) in [6, 6.07) is 23.6. The smallest absolute Gasteiger partial charge is 0.164 e. The maximum absolute atomic E-state index is 6.13. The van der Waals surface area contributed by atoms with Crippen molar-refractivity contribution >= 4 is 44.1 Å². The van der Waals surface area contributed by atoms with Crippen molar-refractivity contribution in [1.29, 1.82) is 0 Å². The van der Waals surface area contributed by atoms with Gasteiger partial charge in [-0.1, -0.05) is 0 Å². The fourth-order valence-electron chi connectivity index (χ4n) is 7.09. The van der Waals surface area contributed by atoms with Crippen molar-refractivity contribution in [2.24, 2.45) is 0 Å². The Balaban J connectivity index is 1.41. The molecule has 0 spiro atoms. The minimum Gasteiger partial charge on any atom is -0.491 e. The number of H-pyrrole nitrogens is 2. The van der Waals surface area contributed by atoms with Crippen molar-refractivity contribution < 1.29 is 18.9 Å². The van der Waals surface area contributed by atoms with Crippen LogP contribution in [-0.4, -0.2) is 64.3 Å². The predicted molar refractivity (Wildman–Crippen MR) is 219 cm³/mol. The lowest BCUT2D eigenvalue weighted by molar-refractivity contribution is 0.242. The molecule has 0 radical (unpaired) electrons. The zero-order valence-electron chi connectivity index (χ0n) is 32.6. The van der Waals surface area contributed by atoms with Crippen LogP contribution in [0.1, 0.15) is 55.4 Å². The summed E-state index contributed by atoms with van der Waals surface area (Å²) in [6.07, 6.45) is -0.0573. The van der Waals surface area contributed by atoms with Gasteiger partial charge in [0.15, 0.2) is 23.3 Å². The van der Waals surface area contributed by atoms with Gasteiger partial charge in [-0.15, -0.1) is 0 Å². The topological polar surface area (TPSA) is 146 Å². The zero-order valence-corrected chi connectivity index (χ0v) is 32.6. The van der Waals surface area contributed by atoms with E-state index in [0.717, 1.165) is 55.3 Å². The van der Waals surface area contributed by atoms with Crippen molar-refractivity contribution in [2.75, 3.05) is 0 Å². The van der Waals surface area contributed by atoms with Gasteiger partial charge >= 0.3 is 0 Å². The summed E-state index contributed by atoms with van der Waals surface area (Å²) in [5.41, 5.74) is 5.54. The number of ether oxygens (including phenoxy) is 4. The maximum atomic E-state index is 6.13. The Labute approximate surface area is 323 Å². The molecule has 12 nitrogen and oxygen atoms in total. The van der Waals surface area contributed by atoms with Crippen LogP contribution in [-0.2, 0) is 0 Å². The second-order valence-corrected chi connectivity index (χ2v) is 15.1. The highest BCUT2D eigenvalue weighted by Crippen LogP contribution is 2.40. The number of benzene rings is 4. The molecule has 2 N–H and O–H groups in total. The first-order valence-electron chi connectivity index (χ1n) is 19.0. The molecule has 0 atom stereocenters. The van der Waals surface area contributed by atoms with E-state index in [1.165, 1.54) is 0 Å². The molecule has 4 aromatic carbocycles. The van der Waals surface area contributed by atoms with Gasteiger partial charge in [0.2, 0.25) is 0 Å². The van der Waals surface area contributed by atoms with Crippen molar-refractivity contribution in [1.82, 2.24) is 39.9 Å². The van der Waals surface area contributed by atoms with Crippen LogP contribution in [0.25, 0.3) is 89.7 Å². The molecule has 0 saturated carbocycles. The SMILES string of the molecule is CC(C)Oc1ccc2c(c1)-c1nc-2nc2[nH]c(nc3nc(nc4[nH]c(n1)c1ccc(OC(C)C)cc41)-c1ccc(OC(C)C)cc1-3)c1ccc(OC(C)C)cc21. The Bertz CT molecular complexity index is 2660. The van der Waals surface area contributed by atoms with Gasteiger partial charge in [0.1, 0.15) is 45.6 Å². The van der Waals surface area contributed by atoms with Crippen molar-refractivity contribution in [3.63, 3.8) is 0 Å². The molecule has 7 aromatic rings. The monoisotopic (exact) mass is 746 g/mol. The Kier molecular flexibility index (Phi) is 8.56. The molecule has 2 aliphatic rings. The number of fused-ring (bicyclic) bond motifs is 20. The number of nitrogens with zero attached hydrogens (tertiary/aromatic N) is 6. The highest BCUT2D eigenvalue weighted by Gasteiger charge is 2.24. The average molecular weight is 747 g/mol. The zero-order chi connectivity index (χ0) is 38.8. The second kappa shape index (κ2) is 13.6. The van der Waals surface area contributed by atoms with Gasteiger partial charge in [0.25, 0.3) is 0 Å². The predicted octanol–water partition coefficient (Wildman–Crippen LogP) is 10.0. The third kappa shape index (κ3) is 6.50. The summed E-state index contributed by atoms with van der Waals surface area (Å²) in [7, 11) is 0. The number of hydrogen-bond donors (Lipinski definition) is 2. The first-order valence-corrected chi connectivity index (χ1v) is 19.0. The van der Waals surface area contributed by atoms with Crippen LogP contribution < -0.4 is 18.9 Å². The number of rotatable bonds is 8. The van der Waals surface area contributed by atoms with Gasteiger partial charge < -0.3 is 28.9 Å². The minimum atomic E-state index is -0.0153. The standard InChI is InChI=1S/C44H42N8O4/c1-21(2)53-25-9-13-29-33(17-25)41-45-37(29)50-42-35-19-27(55-23(5)6)11-15-31(35)39(47-42)52-44-36-20-28(56-24(7)8)12-16-32(36)40(48-44)51-43-34-18-26(54-22(3)4)10-14-30(34)38(46-43)49-41/h9-24H,1-8H3,(H2,45,46,47,48,49,50,51,52). The van der Waals surface area contributed by atoms with Gasteiger partial charge in [-0.25, -0.2) is 29.9 Å². The largest absolute Gasteiger partial charge is 0.491 e. The quantitative estimate of drug-likeness (QED) is 0.154. The van der Waals surface area contributed by atoms with Gasteiger partial charge in [-0.2, -0.15) is 0 Å².